The molecule has 0 aromatic heterocycles. The Morgan fingerprint density at radius 1 is 1.75 bits per heavy atom. The lowest BCUT2D eigenvalue weighted by Gasteiger charge is -2.21. The Morgan fingerprint density at radius 3 is 2.92 bits per heavy atom. The SMILES string of the molecule is COC(=O)[C@H]1CCCN1C(=S)S. The van der Waals surface area contributed by atoms with E-state index in [0.29, 0.717) is 4.32 Å². The zero-order valence-corrected chi connectivity index (χ0v) is 8.53. The smallest absolute Gasteiger partial charge is 0.328 e. The second-order valence-electron chi connectivity index (χ2n) is 2.66. The average molecular weight is 205 g/mol. The van der Waals surface area contributed by atoms with Crippen LogP contribution in [0.3, 0.4) is 0 Å². The number of thiocarbonyl (C=S) groups is 1. The van der Waals surface area contributed by atoms with Crippen molar-refractivity contribution in [2.75, 3.05) is 13.7 Å². The van der Waals surface area contributed by atoms with Crippen LogP contribution in [-0.2, 0) is 9.53 Å². The van der Waals surface area contributed by atoms with E-state index in [1.165, 1.54) is 7.11 Å². The van der Waals surface area contributed by atoms with E-state index < -0.39 is 0 Å². The normalized spacial score (nSPS) is 22.5. The molecule has 1 aliphatic heterocycles. The summed E-state index contributed by atoms with van der Waals surface area (Å²) in [4.78, 5) is 13.0. The lowest BCUT2D eigenvalue weighted by atomic mass is 10.2. The van der Waals surface area contributed by atoms with E-state index in [1.54, 1.807) is 4.90 Å². The third-order valence-corrected chi connectivity index (χ3v) is 2.46. The fourth-order valence-corrected chi connectivity index (χ4v) is 1.83. The van der Waals surface area contributed by atoms with Gasteiger partial charge in [0, 0.05) is 6.54 Å². The first kappa shape index (κ1) is 9.80. The molecule has 0 saturated carbocycles. The molecule has 0 aliphatic carbocycles. The second-order valence-corrected chi connectivity index (χ2v) is 3.77. The number of carbonyl (C=O) groups is 1. The van der Waals surface area contributed by atoms with Gasteiger partial charge in [-0.1, -0.05) is 12.2 Å². The van der Waals surface area contributed by atoms with Crippen LogP contribution in [0.2, 0.25) is 0 Å². The highest BCUT2D eigenvalue weighted by Gasteiger charge is 2.31. The standard InChI is InChI=1S/C7H11NO2S2/c1-10-6(9)5-3-2-4-8(5)7(11)12/h5H,2-4H2,1H3,(H,11,12)/t5-/m1/s1. The summed E-state index contributed by atoms with van der Waals surface area (Å²) in [6.45, 7) is 0.808. The number of hydrogen-bond donors (Lipinski definition) is 1. The van der Waals surface area contributed by atoms with Crippen LogP contribution >= 0.6 is 24.8 Å². The highest BCUT2D eigenvalue weighted by Crippen LogP contribution is 2.19. The van der Waals surface area contributed by atoms with E-state index >= 15 is 0 Å². The van der Waals surface area contributed by atoms with E-state index in [4.69, 9.17) is 12.2 Å². The minimum absolute atomic E-state index is 0.208. The van der Waals surface area contributed by atoms with Crippen LogP contribution in [-0.4, -0.2) is 34.9 Å². The van der Waals surface area contributed by atoms with Crippen LogP contribution in [0.5, 0.6) is 0 Å². The molecular weight excluding hydrogens is 194 g/mol. The van der Waals surface area contributed by atoms with Gasteiger partial charge in [0.25, 0.3) is 0 Å². The average Bonchev–Trinajstić information content (AvgIpc) is 2.50. The van der Waals surface area contributed by atoms with Crippen molar-refractivity contribution < 1.29 is 9.53 Å². The predicted octanol–water partition coefficient (Wildman–Crippen LogP) is 0.838. The summed E-state index contributed by atoms with van der Waals surface area (Å²) in [6, 6.07) is -0.208. The Balaban J connectivity index is 2.63. The molecule has 3 nitrogen and oxygen atoms in total. The number of methoxy groups -OCH3 is 1. The fourth-order valence-electron chi connectivity index (χ4n) is 1.38. The molecule has 68 valence electrons. The van der Waals surface area contributed by atoms with Crippen molar-refractivity contribution in [3.8, 4) is 0 Å². The van der Waals surface area contributed by atoms with Crippen molar-refractivity contribution in [3.63, 3.8) is 0 Å². The predicted molar refractivity (Wildman–Crippen MR) is 53.3 cm³/mol. The Kier molecular flexibility index (Phi) is 3.34. The quantitative estimate of drug-likeness (QED) is 0.390. The summed E-state index contributed by atoms with van der Waals surface area (Å²) in [5, 5.41) is 0. The number of esters is 1. The lowest BCUT2D eigenvalue weighted by molar-refractivity contribution is -0.144. The minimum Gasteiger partial charge on any atom is -0.467 e. The van der Waals surface area contributed by atoms with Gasteiger partial charge in [-0.25, -0.2) is 4.79 Å². The molecule has 0 radical (unpaired) electrons. The molecule has 0 bridgehead atoms. The zero-order chi connectivity index (χ0) is 9.14. The third kappa shape index (κ3) is 1.90. The second kappa shape index (κ2) is 4.09. The topological polar surface area (TPSA) is 29.5 Å². The third-order valence-electron chi connectivity index (χ3n) is 1.97. The summed E-state index contributed by atoms with van der Waals surface area (Å²) >= 11 is 8.92. The van der Waals surface area contributed by atoms with Crippen molar-refractivity contribution in [1.82, 2.24) is 4.90 Å². The first-order chi connectivity index (χ1) is 5.66. The van der Waals surface area contributed by atoms with Crippen molar-refractivity contribution in [1.29, 1.82) is 0 Å². The number of hydrogen-bond acceptors (Lipinski definition) is 3. The number of ether oxygens (including phenoxy) is 1. The largest absolute Gasteiger partial charge is 0.467 e. The van der Waals surface area contributed by atoms with E-state index in [2.05, 4.69) is 17.4 Å². The fraction of sp³-hybridized carbons (Fsp3) is 0.714. The number of nitrogens with zero attached hydrogens (tertiary/aromatic N) is 1. The molecule has 5 heteroatoms. The Bertz CT molecular complexity index is 208. The van der Waals surface area contributed by atoms with Crippen LogP contribution in [0.15, 0.2) is 0 Å². The molecule has 1 atom stereocenters. The molecule has 0 amide bonds. The summed E-state index contributed by atoms with van der Waals surface area (Å²) in [6.07, 6.45) is 1.79. The van der Waals surface area contributed by atoms with Gasteiger partial charge in [-0.15, -0.1) is 12.6 Å². The molecular formula is C7H11NO2S2. The number of thiol groups is 1. The summed E-state index contributed by atoms with van der Waals surface area (Å²) in [7, 11) is 1.39. The Morgan fingerprint density at radius 2 is 2.42 bits per heavy atom. The summed E-state index contributed by atoms with van der Waals surface area (Å²) in [5.74, 6) is -0.219. The van der Waals surface area contributed by atoms with Crippen LogP contribution in [0.4, 0.5) is 0 Å². The number of likely N-dealkylation sites (tertiary alicyclic amines) is 1. The van der Waals surface area contributed by atoms with Crippen LogP contribution in [0.1, 0.15) is 12.8 Å². The molecule has 0 aromatic rings. The molecule has 0 unspecified atom stereocenters. The van der Waals surface area contributed by atoms with Gasteiger partial charge < -0.3 is 9.64 Å². The summed E-state index contributed by atoms with van der Waals surface area (Å²) in [5.41, 5.74) is 0. The van der Waals surface area contributed by atoms with E-state index in [0.717, 1.165) is 19.4 Å². The van der Waals surface area contributed by atoms with Gasteiger partial charge in [0.05, 0.1) is 7.11 Å². The van der Waals surface area contributed by atoms with Gasteiger partial charge in [0.1, 0.15) is 10.4 Å². The van der Waals surface area contributed by atoms with Crippen molar-refractivity contribution in [3.05, 3.63) is 0 Å². The molecule has 0 spiro atoms. The zero-order valence-electron chi connectivity index (χ0n) is 6.82. The summed E-state index contributed by atoms with van der Waals surface area (Å²) < 4.78 is 5.12. The molecule has 1 fully saturated rings. The van der Waals surface area contributed by atoms with Crippen molar-refractivity contribution in [2.45, 2.75) is 18.9 Å². The highest BCUT2D eigenvalue weighted by atomic mass is 32.1. The van der Waals surface area contributed by atoms with Gasteiger partial charge in [-0.05, 0) is 12.8 Å². The number of rotatable bonds is 1. The maximum absolute atomic E-state index is 11.2. The maximum atomic E-state index is 11.2. The molecule has 1 rings (SSSR count). The van der Waals surface area contributed by atoms with Crippen molar-refractivity contribution >= 4 is 35.1 Å². The molecule has 1 aliphatic rings. The first-order valence-electron chi connectivity index (χ1n) is 3.74. The maximum Gasteiger partial charge on any atom is 0.328 e. The van der Waals surface area contributed by atoms with Crippen LogP contribution < -0.4 is 0 Å². The van der Waals surface area contributed by atoms with E-state index in [1.807, 2.05) is 0 Å². The number of carbonyl (C=O) groups excluding carboxylic acids is 1. The molecule has 12 heavy (non-hydrogen) atoms. The van der Waals surface area contributed by atoms with Gasteiger partial charge >= 0.3 is 5.97 Å². The van der Waals surface area contributed by atoms with E-state index in [-0.39, 0.29) is 12.0 Å². The van der Waals surface area contributed by atoms with Gasteiger partial charge in [-0.2, -0.15) is 0 Å². The monoisotopic (exact) mass is 205 g/mol. The Labute approximate surface area is 82.5 Å². The van der Waals surface area contributed by atoms with Crippen LogP contribution in [0.25, 0.3) is 0 Å². The minimum atomic E-state index is -0.219. The van der Waals surface area contributed by atoms with Gasteiger partial charge in [-0.3, -0.25) is 0 Å². The van der Waals surface area contributed by atoms with Gasteiger partial charge in [0.15, 0.2) is 0 Å². The molecule has 0 aromatic carbocycles. The molecule has 1 saturated heterocycles. The first-order valence-corrected chi connectivity index (χ1v) is 4.59. The molecule has 1 heterocycles. The highest BCUT2D eigenvalue weighted by molar-refractivity contribution is 8.10. The lowest BCUT2D eigenvalue weighted by Crippen LogP contribution is -2.38. The van der Waals surface area contributed by atoms with Crippen LogP contribution in [0, 0.1) is 0 Å². The Hall–Kier alpha value is -0.290. The van der Waals surface area contributed by atoms with Gasteiger partial charge in [0.2, 0.25) is 0 Å². The van der Waals surface area contributed by atoms with Crippen molar-refractivity contribution in [2.24, 2.45) is 0 Å². The van der Waals surface area contributed by atoms with E-state index in [9.17, 15) is 4.79 Å². The molecule has 0 N–H and O–H groups in total.